The zero-order valence-electron chi connectivity index (χ0n) is 11.9. The summed E-state index contributed by atoms with van der Waals surface area (Å²) in [7, 11) is 0. The Kier molecular flexibility index (Phi) is 5.71. The number of halogens is 2. The van der Waals surface area contributed by atoms with Gasteiger partial charge in [-0.05, 0) is 19.1 Å². The molecule has 1 unspecified atom stereocenters. The summed E-state index contributed by atoms with van der Waals surface area (Å²) in [6, 6.07) is 8.97. The topological polar surface area (TPSA) is 80.0 Å². The fourth-order valence-corrected chi connectivity index (χ4v) is 2.57. The van der Waals surface area contributed by atoms with Crippen LogP contribution in [0.4, 0.5) is 0 Å². The molecule has 0 aliphatic heterocycles. The number of hydrogen-bond donors (Lipinski definition) is 2. The van der Waals surface area contributed by atoms with Crippen LogP contribution in [-0.2, 0) is 12.1 Å². The van der Waals surface area contributed by atoms with Gasteiger partial charge < -0.3 is 10.4 Å². The first-order chi connectivity index (χ1) is 10.5. The van der Waals surface area contributed by atoms with Crippen molar-refractivity contribution >= 4 is 37.8 Å². The molecule has 0 spiro atoms. The molecule has 1 atom stereocenters. The predicted molar refractivity (Wildman–Crippen MR) is 90.0 cm³/mol. The second-order valence-corrected chi connectivity index (χ2v) is 7.97. The summed E-state index contributed by atoms with van der Waals surface area (Å²) in [6.45, 7) is 2.17. The third-order valence-corrected chi connectivity index (χ3v) is 5.08. The van der Waals surface area contributed by atoms with Crippen molar-refractivity contribution in [1.29, 1.82) is 0 Å². The van der Waals surface area contributed by atoms with Crippen LogP contribution >= 0.6 is 31.9 Å². The highest BCUT2D eigenvalue weighted by Crippen LogP contribution is 2.32. The van der Waals surface area contributed by atoms with Crippen LogP contribution in [0.3, 0.4) is 0 Å². The van der Waals surface area contributed by atoms with E-state index in [0.29, 0.717) is 17.8 Å². The molecule has 2 rings (SSSR count). The van der Waals surface area contributed by atoms with Crippen LogP contribution in [0.1, 0.15) is 23.0 Å². The van der Waals surface area contributed by atoms with Crippen molar-refractivity contribution in [3.8, 4) is 0 Å². The maximum absolute atomic E-state index is 12.4. The molecule has 0 saturated carbocycles. The van der Waals surface area contributed by atoms with E-state index in [-0.39, 0.29) is 16.3 Å². The molecule has 6 nitrogen and oxygen atoms in total. The third kappa shape index (κ3) is 3.74. The van der Waals surface area contributed by atoms with E-state index >= 15 is 0 Å². The average Bonchev–Trinajstić information content (AvgIpc) is 2.97. The molecule has 0 aliphatic carbocycles. The number of carbonyl (C=O) groups is 1. The van der Waals surface area contributed by atoms with Gasteiger partial charge in [-0.3, -0.25) is 4.79 Å². The zero-order valence-corrected chi connectivity index (χ0v) is 15.1. The summed E-state index contributed by atoms with van der Waals surface area (Å²) in [5.74, 6) is -0.205. The Morgan fingerprint density at radius 2 is 2.09 bits per heavy atom. The van der Waals surface area contributed by atoms with Gasteiger partial charge >= 0.3 is 0 Å². The zero-order chi connectivity index (χ0) is 16.2. The first kappa shape index (κ1) is 17.1. The molecule has 1 heterocycles. The van der Waals surface area contributed by atoms with Crippen molar-refractivity contribution in [3.63, 3.8) is 0 Å². The van der Waals surface area contributed by atoms with Crippen LogP contribution in [0.5, 0.6) is 0 Å². The number of rotatable bonds is 6. The number of amides is 1. The molecule has 0 fully saturated rings. The fourth-order valence-electron chi connectivity index (χ4n) is 1.88. The van der Waals surface area contributed by atoms with Gasteiger partial charge in [0.2, 0.25) is 0 Å². The maximum Gasteiger partial charge on any atom is 0.252 e. The normalized spacial score (nSPS) is 13.9. The number of aromatic nitrogens is 3. The van der Waals surface area contributed by atoms with Gasteiger partial charge in [-0.2, -0.15) is 0 Å². The largest absolute Gasteiger partial charge is 0.394 e. The minimum Gasteiger partial charge on any atom is -0.394 e. The predicted octanol–water partition coefficient (Wildman–Crippen LogP) is 2.03. The Hall–Kier alpha value is -1.25. The van der Waals surface area contributed by atoms with Crippen LogP contribution in [0.25, 0.3) is 0 Å². The summed E-state index contributed by atoms with van der Waals surface area (Å²) < 4.78 is 1.28. The number of hydrogen-bond acceptors (Lipinski definition) is 4. The summed E-state index contributed by atoms with van der Waals surface area (Å²) in [6.07, 6.45) is 1.71. The molecule has 118 valence electrons. The van der Waals surface area contributed by atoms with Crippen molar-refractivity contribution in [2.24, 2.45) is 0 Å². The lowest BCUT2D eigenvalue weighted by molar-refractivity contribution is 0.0910. The lowest BCUT2D eigenvalue weighted by Crippen LogP contribution is -2.48. The Morgan fingerprint density at radius 3 is 2.68 bits per heavy atom. The van der Waals surface area contributed by atoms with Crippen LogP contribution in [0.2, 0.25) is 0 Å². The van der Waals surface area contributed by atoms with Gasteiger partial charge in [0.1, 0.15) is 11.2 Å². The van der Waals surface area contributed by atoms with Crippen LogP contribution in [0.15, 0.2) is 36.5 Å². The van der Waals surface area contributed by atoms with Crippen molar-refractivity contribution in [1.82, 2.24) is 20.3 Å². The summed E-state index contributed by atoms with van der Waals surface area (Å²) in [4.78, 5) is 12.4. The van der Waals surface area contributed by atoms with E-state index in [1.54, 1.807) is 18.3 Å². The molecule has 0 bridgehead atoms. The molecule has 0 aliphatic rings. The van der Waals surface area contributed by atoms with Gasteiger partial charge in [0.05, 0.1) is 23.1 Å². The standard InChI is InChI=1S/C14H16Br2N4O2/c1-14(13(15)16,11-9-20(7-8-21)19-18-11)17-12(22)10-5-3-2-4-6-10/h2-6,9,13,21H,7-8H2,1H3,(H,17,22). The second-order valence-electron chi connectivity index (χ2n) is 4.91. The molecule has 1 aromatic carbocycles. The summed E-state index contributed by atoms with van der Waals surface area (Å²) >= 11 is 6.92. The van der Waals surface area contributed by atoms with Gasteiger partial charge in [-0.1, -0.05) is 55.3 Å². The molecular formula is C14H16Br2N4O2. The van der Waals surface area contributed by atoms with E-state index in [0.717, 1.165) is 0 Å². The minimum absolute atomic E-state index is 0.0259. The molecular weight excluding hydrogens is 416 g/mol. The smallest absolute Gasteiger partial charge is 0.252 e. The van der Waals surface area contributed by atoms with Crippen LogP contribution in [0, 0.1) is 0 Å². The minimum atomic E-state index is -0.805. The van der Waals surface area contributed by atoms with Gasteiger partial charge in [0.15, 0.2) is 0 Å². The number of carbonyl (C=O) groups excluding carboxylic acids is 1. The number of alkyl halides is 2. The molecule has 1 aromatic heterocycles. The van der Waals surface area contributed by atoms with Crippen molar-refractivity contribution in [2.75, 3.05) is 6.61 Å². The summed E-state index contributed by atoms with van der Waals surface area (Å²) in [5, 5.41) is 20.0. The van der Waals surface area contributed by atoms with Gasteiger partial charge in [-0.25, -0.2) is 4.68 Å². The Morgan fingerprint density at radius 1 is 1.41 bits per heavy atom. The number of nitrogens with one attached hydrogen (secondary N) is 1. The van der Waals surface area contributed by atoms with Crippen molar-refractivity contribution in [3.05, 3.63) is 47.8 Å². The van der Waals surface area contributed by atoms with E-state index in [1.165, 1.54) is 4.68 Å². The van der Waals surface area contributed by atoms with Crippen molar-refractivity contribution in [2.45, 2.75) is 22.7 Å². The lowest BCUT2D eigenvalue weighted by Gasteiger charge is -2.30. The van der Waals surface area contributed by atoms with Crippen molar-refractivity contribution < 1.29 is 9.90 Å². The molecule has 1 amide bonds. The van der Waals surface area contributed by atoms with E-state index in [9.17, 15) is 4.79 Å². The number of aliphatic hydroxyl groups is 1. The monoisotopic (exact) mass is 430 g/mol. The second kappa shape index (κ2) is 7.34. The Bertz CT molecular complexity index is 633. The SMILES string of the molecule is CC(NC(=O)c1ccccc1)(c1cn(CCO)nn1)C(Br)Br. The quantitative estimate of drug-likeness (QED) is 0.685. The van der Waals surface area contributed by atoms with Gasteiger partial charge in [-0.15, -0.1) is 5.10 Å². The lowest BCUT2D eigenvalue weighted by atomic mass is 10.0. The number of nitrogens with zero attached hydrogens (tertiary/aromatic N) is 3. The highest BCUT2D eigenvalue weighted by molar-refractivity contribution is 9.24. The first-order valence-electron chi connectivity index (χ1n) is 6.64. The van der Waals surface area contributed by atoms with E-state index in [2.05, 4.69) is 47.5 Å². The highest BCUT2D eigenvalue weighted by Gasteiger charge is 2.37. The first-order valence-corrected chi connectivity index (χ1v) is 8.47. The molecule has 22 heavy (non-hydrogen) atoms. The molecule has 2 N–H and O–H groups in total. The van der Waals surface area contributed by atoms with E-state index in [4.69, 9.17) is 5.11 Å². The molecule has 0 saturated heterocycles. The number of benzene rings is 1. The van der Waals surface area contributed by atoms with Gasteiger partial charge in [0.25, 0.3) is 5.91 Å². The maximum atomic E-state index is 12.4. The average molecular weight is 432 g/mol. The van der Waals surface area contributed by atoms with Gasteiger partial charge in [0, 0.05) is 5.56 Å². The fraction of sp³-hybridized carbons (Fsp3) is 0.357. The Labute approximate surface area is 145 Å². The van der Waals surface area contributed by atoms with Crippen LogP contribution < -0.4 is 5.32 Å². The van der Waals surface area contributed by atoms with Crippen LogP contribution in [-0.4, -0.2) is 36.4 Å². The van der Waals surface area contributed by atoms with E-state index < -0.39 is 5.54 Å². The number of aliphatic hydroxyl groups excluding tert-OH is 1. The third-order valence-electron chi connectivity index (χ3n) is 3.25. The molecule has 8 heteroatoms. The van der Waals surface area contributed by atoms with E-state index in [1.807, 2.05) is 25.1 Å². The molecule has 0 radical (unpaired) electrons. The summed E-state index contributed by atoms with van der Waals surface area (Å²) in [5.41, 5.74) is 0.349. The Balaban J connectivity index is 2.26. The highest BCUT2D eigenvalue weighted by atomic mass is 79.9. The molecule has 2 aromatic rings.